The largest absolute Gasteiger partial charge is 0.340 e. The third kappa shape index (κ3) is 11.6. The van der Waals surface area contributed by atoms with Crippen LogP contribution in [-0.2, 0) is 24.0 Å². The zero-order chi connectivity index (χ0) is 46.9. The summed E-state index contributed by atoms with van der Waals surface area (Å²) in [4.78, 5) is 86.7. The maximum absolute atomic E-state index is 14.0. The third-order valence-electron chi connectivity index (χ3n) is 10.2. The Morgan fingerprint density at radius 3 is 1.79 bits per heavy atom. The highest BCUT2D eigenvalue weighted by atomic mass is 33.1. The fourth-order valence-electron chi connectivity index (χ4n) is 6.64. The van der Waals surface area contributed by atoms with Crippen LogP contribution < -0.4 is 26.6 Å². The number of nitrogens with zero attached hydrogens (tertiary/aromatic N) is 2. The van der Waals surface area contributed by atoms with Crippen molar-refractivity contribution in [2.75, 3.05) is 21.7 Å². The number of hydrogen-bond donors (Lipinski definition) is 5. The predicted molar refractivity (Wildman–Crippen MR) is 265 cm³/mol. The number of benzene rings is 5. The molecule has 2 heterocycles. The molecule has 334 valence electrons. The van der Waals surface area contributed by atoms with Crippen molar-refractivity contribution in [3.05, 3.63) is 180 Å². The average molecular weight is 936 g/mol. The van der Waals surface area contributed by atoms with E-state index in [0.29, 0.717) is 50.8 Å². The van der Waals surface area contributed by atoms with Crippen molar-refractivity contribution in [2.45, 2.75) is 48.0 Å². The summed E-state index contributed by atoms with van der Waals surface area (Å²) in [6.07, 6.45) is 1.65. The fraction of sp³-hybridized carbons (Fsp3) is 0.140. The molecule has 5 aromatic carbocycles. The number of aliphatic imine (C=N–C) groups is 1. The lowest BCUT2D eigenvalue weighted by molar-refractivity contribution is -0.147. The maximum atomic E-state index is 14.0. The molecule has 3 atom stereocenters. The molecule has 0 unspecified atom stereocenters. The van der Waals surface area contributed by atoms with E-state index in [1.807, 2.05) is 43.3 Å². The van der Waals surface area contributed by atoms with Gasteiger partial charge in [-0.2, -0.15) is 0 Å². The summed E-state index contributed by atoms with van der Waals surface area (Å²) >= 11 is 1.45. The van der Waals surface area contributed by atoms with Crippen molar-refractivity contribution in [1.29, 1.82) is 0 Å². The van der Waals surface area contributed by atoms with Gasteiger partial charge in [0.2, 0.25) is 5.91 Å². The van der Waals surface area contributed by atoms with Crippen LogP contribution in [0.3, 0.4) is 0 Å². The van der Waals surface area contributed by atoms with E-state index < -0.39 is 41.1 Å². The molecule has 5 aromatic rings. The van der Waals surface area contributed by atoms with Gasteiger partial charge in [-0.15, -0.1) is 11.8 Å². The second-order valence-corrected chi connectivity index (χ2v) is 18.8. The number of carbonyl (C=O) groups is 6. The lowest BCUT2D eigenvalue weighted by atomic mass is 10.0. The summed E-state index contributed by atoms with van der Waals surface area (Å²) in [5.74, 6) is -1.95. The lowest BCUT2D eigenvalue weighted by Gasteiger charge is -2.50. The molecule has 7 rings (SSSR count). The van der Waals surface area contributed by atoms with Gasteiger partial charge in [-0.3, -0.25) is 38.7 Å². The number of fused-ring (bicyclic) bond motifs is 1. The molecule has 0 saturated carbocycles. The van der Waals surface area contributed by atoms with Crippen molar-refractivity contribution < 1.29 is 28.8 Å². The van der Waals surface area contributed by atoms with E-state index in [1.165, 1.54) is 16.7 Å². The van der Waals surface area contributed by atoms with E-state index in [1.54, 1.807) is 133 Å². The van der Waals surface area contributed by atoms with E-state index in [9.17, 15) is 28.8 Å². The van der Waals surface area contributed by atoms with Crippen LogP contribution in [0.5, 0.6) is 0 Å². The van der Waals surface area contributed by atoms with Crippen LogP contribution in [0.15, 0.2) is 178 Å². The summed E-state index contributed by atoms with van der Waals surface area (Å²) < 4.78 is 0. The molecule has 0 radical (unpaired) electrons. The first-order chi connectivity index (χ1) is 31.7. The Kier molecular flexibility index (Phi) is 15.1. The Morgan fingerprint density at radius 1 is 0.712 bits per heavy atom. The van der Waals surface area contributed by atoms with Crippen LogP contribution in [0.2, 0.25) is 0 Å². The third-order valence-corrected chi connectivity index (χ3v) is 14.1. The Hall–Kier alpha value is -7.14. The Balaban J connectivity index is 0.936. The molecule has 2 aliphatic heterocycles. The predicted octanol–water partition coefficient (Wildman–Crippen LogP) is 9.05. The number of β-lactam (4-membered cyclic amide) rings is 1. The number of amides is 6. The van der Waals surface area contributed by atoms with Crippen molar-refractivity contribution in [3.8, 4) is 0 Å². The van der Waals surface area contributed by atoms with Gasteiger partial charge in [0.1, 0.15) is 23.2 Å². The van der Waals surface area contributed by atoms with Crippen molar-refractivity contribution in [2.24, 2.45) is 4.99 Å². The second kappa shape index (κ2) is 21.2. The van der Waals surface area contributed by atoms with Crippen LogP contribution in [0, 0.1) is 0 Å². The average Bonchev–Trinajstić information content (AvgIpc) is 3.32. The summed E-state index contributed by atoms with van der Waals surface area (Å²) in [6.45, 7) is 12.4. The Labute approximate surface area is 394 Å². The molecule has 16 heteroatoms. The summed E-state index contributed by atoms with van der Waals surface area (Å²) in [6, 6.07) is 35.3. The van der Waals surface area contributed by atoms with E-state index in [-0.39, 0.29) is 17.5 Å². The molecule has 13 nitrogen and oxygen atoms in total. The number of carbonyl (C=O) groups excluding carboxylic acids is 6. The van der Waals surface area contributed by atoms with Crippen LogP contribution in [0.25, 0.3) is 0 Å². The minimum atomic E-state index is -1.13. The first-order valence-electron chi connectivity index (χ1n) is 20.6. The highest BCUT2D eigenvalue weighted by Gasteiger charge is 2.54. The van der Waals surface area contributed by atoms with Gasteiger partial charge >= 0.3 is 0 Å². The topological polar surface area (TPSA) is 178 Å². The second-order valence-electron chi connectivity index (χ2n) is 15.4. The Morgan fingerprint density at radius 2 is 1.24 bits per heavy atom. The van der Waals surface area contributed by atoms with Gasteiger partial charge in [0.15, 0.2) is 0 Å². The fourth-order valence-corrected chi connectivity index (χ4v) is 9.86. The first-order valence-corrected chi connectivity index (χ1v) is 23.8. The molecule has 66 heavy (non-hydrogen) atoms. The van der Waals surface area contributed by atoms with Crippen LogP contribution in [0.1, 0.15) is 48.3 Å². The van der Waals surface area contributed by atoms with Crippen molar-refractivity contribution >= 4 is 97.8 Å². The molecule has 2 aliphatic rings. The van der Waals surface area contributed by atoms with Gasteiger partial charge in [-0.25, -0.2) is 0 Å². The summed E-state index contributed by atoms with van der Waals surface area (Å²) in [5, 5.41) is 13.6. The highest BCUT2D eigenvalue weighted by molar-refractivity contribution is 8.76. The molecule has 6 amide bonds. The number of anilines is 3. The number of nitrogens with one attached hydrogen (secondary N) is 5. The van der Waals surface area contributed by atoms with Crippen molar-refractivity contribution in [3.63, 3.8) is 0 Å². The van der Waals surface area contributed by atoms with Gasteiger partial charge in [-0.05, 0) is 122 Å². The van der Waals surface area contributed by atoms with Gasteiger partial charge in [0.25, 0.3) is 29.5 Å². The normalized spacial score (nSPS) is 15.7. The van der Waals surface area contributed by atoms with Crippen LogP contribution in [-0.4, -0.2) is 63.7 Å². The number of thioether (sulfide) groups is 1. The zero-order valence-electron chi connectivity index (χ0n) is 36.1. The van der Waals surface area contributed by atoms with Crippen LogP contribution >= 0.6 is 33.3 Å². The highest BCUT2D eigenvalue weighted by Crippen LogP contribution is 2.41. The van der Waals surface area contributed by atoms with Gasteiger partial charge in [-0.1, -0.05) is 77.2 Å². The lowest BCUT2D eigenvalue weighted by Crippen LogP contribution is -2.71. The molecule has 5 N–H and O–H groups in total. The first kappa shape index (κ1) is 46.8. The minimum absolute atomic E-state index is 0.231. The van der Waals surface area contributed by atoms with E-state index in [0.717, 1.165) is 20.9 Å². The number of rotatable bonds is 16. The van der Waals surface area contributed by atoms with Gasteiger partial charge in [0.05, 0.1) is 5.69 Å². The van der Waals surface area contributed by atoms with E-state index in [2.05, 4.69) is 44.7 Å². The minimum Gasteiger partial charge on any atom is -0.340 e. The SMILES string of the molecule is C=C(C)C(=O)Nc1ccc(N=Cc2ccc(C(=O)N[C@@H](C(=O)N[C@@H]3C(=O)N4C(C(=O)Nc5ccc(SSc6ccc(NC(=O)C(=C)C)cc6)cc5)=C(C)CS[C@H]34)c3ccccc3)cc2)cc1. The molecule has 0 bridgehead atoms. The quantitative estimate of drug-likeness (QED) is 0.0280. The molecular formula is C50H45N7O6S3. The van der Waals surface area contributed by atoms with E-state index in [4.69, 9.17) is 0 Å². The van der Waals surface area contributed by atoms with E-state index >= 15 is 0 Å². The molecule has 0 aromatic heterocycles. The monoisotopic (exact) mass is 935 g/mol. The smallest absolute Gasteiger partial charge is 0.272 e. The molecular weight excluding hydrogens is 891 g/mol. The van der Waals surface area contributed by atoms with Crippen molar-refractivity contribution in [1.82, 2.24) is 15.5 Å². The number of hydrogen-bond acceptors (Lipinski definition) is 10. The Bertz CT molecular complexity index is 2760. The van der Waals surface area contributed by atoms with Gasteiger partial charge < -0.3 is 26.6 Å². The molecule has 1 fully saturated rings. The summed E-state index contributed by atoms with van der Waals surface area (Å²) in [5.41, 5.74) is 5.89. The summed E-state index contributed by atoms with van der Waals surface area (Å²) in [7, 11) is 3.09. The molecule has 0 aliphatic carbocycles. The maximum Gasteiger partial charge on any atom is 0.272 e. The standard InChI is InChI=1S/C50H45N7O6S3/c1-29(2)44(58)52-36-17-15-35(16-18-36)51-27-32-11-13-34(14-12-32)46(60)55-41(33-9-7-6-8-10-33)47(61)56-42-49(63)57-43(31(5)28-64-50(42)57)48(62)54-38-21-25-40(26-22-38)66-65-39-23-19-37(20-24-39)53-45(59)30(3)4/h6-27,41-42,50H,1,3,28H2,2,4-5H3,(H,52,58)(H,53,59)(H,54,62)(H,55,60)(H,56,61)/t41-,42-,50-/m1/s1. The van der Waals surface area contributed by atoms with Gasteiger partial charge in [0, 0.05) is 55.5 Å². The molecule has 1 saturated heterocycles. The van der Waals surface area contributed by atoms with Crippen LogP contribution in [0.4, 0.5) is 22.7 Å². The molecule has 0 spiro atoms. The zero-order valence-corrected chi connectivity index (χ0v) is 38.6.